The number of nitrogens with one attached hydrogen (secondary N) is 2. The highest BCUT2D eigenvalue weighted by Crippen LogP contribution is 2.14. The van der Waals surface area contributed by atoms with Crippen LogP contribution in [0.4, 0.5) is 10.1 Å². The largest absolute Gasteiger partial charge is 0.326 e. The molecule has 0 aromatic heterocycles. The molecule has 0 aliphatic carbocycles. The highest BCUT2D eigenvalue weighted by molar-refractivity contribution is 9.10. The van der Waals surface area contributed by atoms with E-state index in [9.17, 15) is 9.18 Å². The zero-order chi connectivity index (χ0) is 15.8. The van der Waals surface area contributed by atoms with Gasteiger partial charge in [0, 0.05) is 23.1 Å². The number of hydrogen-bond acceptors (Lipinski definition) is 2. The van der Waals surface area contributed by atoms with Gasteiger partial charge in [0.25, 0.3) is 0 Å². The number of rotatable bonds is 7. The van der Waals surface area contributed by atoms with Gasteiger partial charge in [-0.25, -0.2) is 4.39 Å². The molecule has 0 bridgehead atoms. The van der Waals surface area contributed by atoms with E-state index in [1.807, 2.05) is 24.3 Å². The normalized spacial score (nSPS) is 10.5. The molecule has 116 valence electrons. The first kappa shape index (κ1) is 16.6. The average molecular weight is 365 g/mol. The van der Waals surface area contributed by atoms with Gasteiger partial charge in [-0.2, -0.15) is 0 Å². The van der Waals surface area contributed by atoms with Crippen LogP contribution in [0.15, 0.2) is 53.0 Å². The van der Waals surface area contributed by atoms with Crippen molar-refractivity contribution in [3.8, 4) is 0 Å². The Morgan fingerprint density at radius 1 is 1.00 bits per heavy atom. The Bertz CT molecular complexity index is 599. The summed E-state index contributed by atoms with van der Waals surface area (Å²) < 4.78 is 13.7. The molecule has 0 heterocycles. The monoisotopic (exact) mass is 364 g/mol. The van der Waals surface area contributed by atoms with Gasteiger partial charge in [-0.05, 0) is 54.9 Å². The minimum Gasteiger partial charge on any atom is -0.326 e. The van der Waals surface area contributed by atoms with Crippen LogP contribution in [0.25, 0.3) is 0 Å². The van der Waals surface area contributed by atoms with Crippen molar-refractivity contribution in [2.24, 2.45) is 0 Å². The minimum absolute atomic E-state index is 0.0170. The third-order valence-electron chi connectivity index (χ3n) is 3.16. The van der Waals surface area contributed by atoms with Crippen LogP contribution < -0.4 is 10.6 Å². The maximum atomic E-state index is 12.8. The predicted molar refractivity (Wildman–Crippen MR) is 90.4 cm³/mol. The molecule has 2 aromatic carbocycles. The first-order valence-corrected chi connectivity index (χ1v) is 7.93. The van der Waals surface area contributed by atoms with Gasteiger partial charge in [0.15, 0.2) is 0 Å². The Labute approximate surface area is 138 Å². The molecule has 5 heteroatoms. The number of halogens is 2. The quantitative estimate of drug-likeness (QED) is 0.734. The molecule has 0 saturated carbocycles. The third-order valence-corrected chi connectivity index (χ3v) is 3.69. The smallest absolute Gasteiger partial charge is 0.225 e. The summed E-state index contributed by atoms with van der Waals surface area (Å²) in [5, 5.41) is 6.05. The van der Waals surface area contributed by atoms with E-state index in [2.05, 4.69) is 26.6 Å². The highest BCUT2D eigenvalue weighted by atomic mass is 79.9. The molecular formula is C17H18BrFN2O. The van der Waals surface area contributed by atoms with Crippen molar-refractivity contribution in [2.75, 3.05) is 18.4 Å². The fourth-order valence-corrected chi connectivity index (χ4v) is 2.23. The van der Waals surface area contributed by atoms with E-state index in [1.54, 1.807) is 12.1 Å². The lowest BCUT2D eigenvalue weighted by Crippen LogP contribution is -2.23. The summed E-state index contributed by atoms with van der Waals surface area (Å²) in [5.41, 5.74) is 1.87. The summed E-state index contributed by atoms with van der Waals surface area (Å²) in [5.74, 6) is -0.238. The third kappa shape index (κ3) is 5.95. The maximum absolute atomic E-state index is 12.8. The number of amides is 1. The maximum Gasteiger partial charge on any atom is 0.225 e. The van der Waals surface area contributed by atoms with Gasteiger partial charge in [0.2, 0.25) is 5.91 Å². The molecule has 2 aromatic rings. The average Bonchev–Trinajstić information content (AvgIpc) is 2.51. The Morgan fingerprint density at radius 3 is 2.36 bits per heavy atom. The first-order valence-electron chi connectivity index (χ1n) is 7.14. The van der Waals surface area contributed by atoms with Gasteiger partial charge in [0.1, 0.15) is 5.82 Å². The number of carbonyl (C=O) groups is 1. The second-order valence-electron chi connectivity index (χ2n) is 4.93. The van der Waals surface area contributed by atoms with E-state index in [1.165, 1.54) is 12.1 Å². The fourth-order valence-electron chi connectivity index (χ4n) is 1.97. The topological polar surface area (TPSA) is 41.1 Å². The lowest BCUT2D eigenvalue weighted by molar-refractivity contribution is -0.116. The van der Waals surface area contributed by atoms with E-state index in [0.29, 0.717) is 13.0 Å². The van der Waals surface area contributed by atoms with Crippen LogP contribution in [0.3, 0.4) is 0 Å². The summed E-state index contributed by atoms with van der Waals surface area (Å²) in [7, 11) is 0. The zero-order valence-electron chi connectivity index (χ0n) is 12.1. The first-order chi connectivity index (χ1) is 10.6. The molecule has 0 aliphatic heterocycles. The van der Waals surface area contributed by atoms with E-state index < -0.39 is 0 Å². The summed E-state index contributed by atoms with van der Waals surface area (Å²) in [4.78, 5) is 11.8. The Morgan fingerprint density at radius 2 is 1.68 bits per heavy atom. The molecule has 0 saturated heterocycles. The van der Waals surface area contributed by atoms with Crippen LogP contribution >= 0.6 is 15.9 Å². The van der Waals surface area contributed by atoms with Crippen LogP contribution in [0.2, 0.25) is 0 Å². The van der Waals surface area contributed by atoms with Gasteiger partial charge < -0.3 is 10.6 Å². The van der Waals surface area contributed by atoms with Crippen LogP contribution in [-0.4, -0.2) is 19.0 Å². The number of benzene rings is 2. The zero-order valence-corrected chi connectivity index (χ0v) is 13.7. The molecule has 22 heavy (non-hydrogen) atoms. The summed E-state index contributed by atoms with van der Waals surface area (Å²) in [6.45, 7) is 1.38. The molecule has 0 aliphatic rings. The summed E-state index contributed by atoms with van der Waals surface area (Å²) in [6.07, 6.45) is 1.23. The molecule has 2 rings (SSSR count). The van der Waals surface area contributed by atoms with Gasteiger partial charge in [-0.3, -0.25) is 4.79 Å². The van der Waals surface area contributed by atoms with Crippen molar-refractivity contribution in [1.82, 2.24) is 5.32 Å². The van der Waals surface area contributed by atoms with Crippen LogP contribution in [0.5, 0.6) is 0 Å². The molecule has 0 atom stereocenters. The van der Waals surface area contributed by atoms with Crippen LogP contribution in [0.1, 0.15) is 12.0 Å². The van der Waals surface area contributed by atoms with E-state index in [0.717, 1.165) is 28.7 Å². The van der Waals surface area contributed by atoms with E-state index in [-0.39, 0.29) is 11.7 Å². The molecule has 2 N–H and O–H groups in total. The molecule has 0 fully saturated rings. The molecule has 3 nitrogen and oxygen atoms in total. The predicted octanol–water partition coefficient (Wildman–Crippen LogP) is 3.75. The second kappa shape index (κ2) is 8.66. The van der Waals surface area contributed by atoms with E-state index >= 15 is 0 Å². The fraction of sp³-hybridized carbons (Fsp3) is 0.235. The van der Waals surface area contributed by atoms with Crippen LogP contribution in [-0.2, 0) is 11.2 Å². The lowest BCUT2D eigenvalue weighted by Gasteiger charge is -2.07. The molecule has 0 spiro atoms. The molecule has 1 amide bonds. The van der Waals surface area contributed by atoms with Gasteiger partial charge in [0.05, 0.1) is 0 Å². The van der Waals surface area contributed by atoms with Crippen molar-refractivity contribution in [3.63, 3.8) is 0 Å². The number of anilines is 1. The van der Waals surface area contributed by atoms with Gasteiger partial charge in [-0.1, -0.05) is 28.1 Å². The molecule has 0 radical (unpaired) electrons. The van der Waals surface area contributed by atoms with Crippen LogP contribution in [0, 0.1) is 5.82 Å². The lowest BCUT2D eigenvalue weighted by atomic mass is 10.1. The number of carbonyl (C=O) groups excluding carboxylic acids is 1. The highest BCUT2D eigenvalue weighted by Gasteiger charge is 2.02. The summed E-state index contributed by atoms with van der Waals surface area (Å²) >= 11 is 3.35. The van der Waals surface area contributed by atoms with Crippen molar-refractivity contribution in [1.29, 1.82) is 0 Å². The Balaban J connectivity index is 1.61. The minimum atomic E-state index is -0.221. The van der Waals surface area contributed by atoms with Gasteiger partial charge >= 0.3 is 0 Å². The Kier molecular flexibility index (Phi) is 6.55. The SMILES string of the molecule is O=C(CCNCCc1ccc(F)cc1)Nc1ccc(Br)cc1. The Hall–Kier alpha value is -1.72. The standard InChI is InChI=1S/C17H18BrFN2O/c18-14-3-7-16(8-4-14)21-17(22)10-12-20-11-9-13-1-5-15(19)6-2-13/h1-8,20H,9-12H2,(H,21,22). The second-order valence-corrected chi connectivity index (χ2v) is 5.85. The molecule has 0 unspecified atom stereocenters. The van der Waals surface area contributed by atoms with Crippen molar-refractivity contribution < 1.29 is 9.18 Å². The molecular weight excluding hydrogens is 347 g/mol. The number of hydrogen-bond donors (Lipinski definition) is 2. The summed E-state index contributed by atoms with van der Waals surface area (Å²) in [6, 6.07) is 13.9. The van der Waals surface area contributed by atoms with Crippen molar-refractivity contribution in [2.45, 2.75) is 12.8 Å². The van der Waals surface area contributed by atoms with E-state index in [4.69, 9.17) is 0 Å². The van der Waals surface area contributed by atoms with Crippen molar-refractivity contribution >= 4 is 27.5 Å². The van der Waals surface area contributed by atoms with Crippen molar-refractivity contribution in [3.05, 3.63) is 64.4 Å². The van der Waals surface area contributed by atoms with Gasteiger partial charge in [-0.15, -0.1) is 0 Å².